The van der Waals surface area contributed by atoms with Crippen molar-refractivity contribution >= 4 is 5.97 Å². The zero-order valence-corrected chi connectivity index (χ0v) is 14.9. The minimum absolute atomic E-state index is 0.0350. The maximum atomic E-state index is 13.3. The molecule has 0 bridgehead atoms. The van der Waals surface area contributed by atoms with Crippen molar-refractivity contribution in [2.24, 2.45) is 0 Å². The molecule has 2 aromatic carbocycles. The Hall–Kier alpha value is -2.17. The number of carbonyl (C=O) groups is 1. The summed E-state index contributed by atoms with van der Waals surface area (Å²) in [5.41, 5.74) is -1.31. The molecule has 138 valence electrons. The predicted molar refractivity (Wildman–Crippen MR) is 101 cm³/mol. The summed E-state index contributed by atoms with van der Waals surface area (Å²) in [5.74, 6) is -0.861. The molecule has 0 radical (unpaired) electrons. The number of benzene rings is 2. The molecule has 2 atom stereocenters. The summed E-state index contributed by atoms with van der Waals surface area (Å²) < 4.78 is 44.9. The number of rotatable bonds is 6. The lowest BCUT2D eigenvalue weighted by atomic mass is 9.86. The van der Waals surface area contributed by atoms with Gasteiger partial charge in [-0.25, -0.2) is 4.79 Å². The Labute approximate surface area is 162 Å². The minimum Gasteiger partial charge on any atom is -0.453 e. The van der Waals surface area contributed by atoms with E-state index < -0.39 is 31.0 Å². The Morgan fingerprint density at radius 3 is 2.31 bits per heavy atom. The molecule has 3 rings (SSSR count). The van der Waals surface area contributed by atoms with Crippen molar-refractivity contribution in [2.45, 2.75) is 31.9 Å². The third kappa shape index (κ3) is 3.39. The number of likely N-dealkylation sites (tertiary alicyclic amines) is 1. The first-order valence-corrected chi connectivity index (χ1v) is 8.88. The van der Waals surface area contributed by atoms with E-state index in [4.69, 9.17) is 11.6 Å². The molecule has 1 aliphatic rings. The summed E-state index contributed by atoms with van der Waals surface area (Å²) >= 11 is 0. The first kappa shape index (κ1) is 13.1. The van der Waals surface area contributed by atoms with Crippen LogP contribution in [-0.2, 0) is 15.1 Å². The number of hydrogen-bond acceptors (Lipinski definition) is 3. The van der Waals surface area contributed by atoms with E-state index in [-0.39, 0.29) is 24.1 Å². The van der Waals surface area contributed by atoms with Crippen LogP contribution in [0.15, 0.2) is 60.7 Å². The maximum absolute atomic E-state index is 13.3. The van der Waals surface area contributed by atoms with Crippen LogP contribution in [-0.4, -0.2) is 47.8 Å². The number of esters is 1. The zero-order chi connectivity index (χ0) is 22.9. The lowest BCUT2D eigenvalue weighted by Crippen LogP contribution is -2.47. The molecule has 0 aromatic heterocycles. The van der Waals surface area contributed by atoms with Gasteiger partial charge in [0.25, 0.3) is 0 Å². The largest absolute Gasteiger partial charge is 0.453 e. The Morgan fingerprint density at radius 2 is 1.81 bits per heavy atom. The highest BCUT2D eigenvalue weighted by atomic mass is 16.6. The van der Waals surface area contributed by atoms with Gasteiger partial charge in [0.05, 0.1) is 22.3 Å². The van der Waals surface area contributed by atoms with E-state index >= 15 is 0 Å². The molecule has 26 heavy (non-hydrogen) atoms. The molecular weight excluding hydrogens is 326 g/mol. The molecule has 1 fully saturated rings. The van der Waals surface area contributed by atoms with E-state index in [9.17, 15) is 9.90 Å². The summed E-state index contributed by atoms with van der Waals surface area (Å²) in [7, 11) is 0. The van der Waals surface area contributed by atoms with Crippen LogP contribution >= 0.6 is 0 Å². The SMILES string of the molecule is [2H]C([2H])([2H])C([2H])([2H])[N+]1(CC)CCC(OC(=O)C(O)(c2ccccc2)c2ccccc2)C1. The molecule has 4 heteroatoms. The summed E-state index contributed by atoms with van der Waals surface area (Å²) in [6.07, 6.45) is -0.390. The summed E-state index contributed by atoms with van der Waals surface area (Å²) in [5, 5.41) is 11.5. The third-order valence-corrected chi connectivity index (χ3v) is 5.23. The highest BCUT2D eigenvalue weighted by Gasteiger charge is 2.45. The molecule has 2 unspecified atom stereocenters. The maximum Gasteiger partial charge on any atom is 0.348 e. The number of quaternary nitrogens is 1. The van der Waals surface area contributed by atoms with Crippen molar-refractivity contribution in [3.8, 4) is 0 Å². The molecule has 1 N–H and O–H groups in total. The van der Waals surface area contributed by atoms with Crippen LogP contribution in [0.5, 0.6) is 0 Å². The molecule has 2 aromatic rings. The fourth-order valence-corrected chi connectivity index (χ4v) is 3.53. The first-order valence-electron chi connectivity index (χ1n) is 11.4. The van der Waals surface area contributed by atoms with Crippen molar-refractivity contribution in [2.75, 3.05) is 26.1 Å². The quantitative estimate of drug-likeness (QED) is 0.637. The van der Waals surface area contributed by atoms with Crippen LogP contribution < -0.4 is 0 Å². The molecular formula is C22H28NO3+. The third-order valence-electron chi connectivity index (χ3n) is 5.23. The Balaban J connectivity index is 1.89. The second-order valence-corrected chi connectivity index (χ2v) is 6.74. The van der Waals surface area contributed by atoms with E-state index in [2.05, 4.69) is 0 Å². The van der Waals surface area contributed by atoms with Gasteiger partial charge in [-0.3, -0.25) is 0 Å². The van der Waals surface area contributed by atoms with E-state index in [1.807, 2.05) is 0 Å². The second-order valence-electron chi connectivity index (χ2n) is 6.74. The molecule has 4 nitrogen and oxygen atoms in total. The van der Waals surface area contributed by atoms with Gasteiger partial charge in [-0.2, -0.15) is 0 Å². The predicted octanol–water partition coefficient (Wildman–Crippen LogP) is 3.09. The summed E-state index contributed by atoms with van der Waals surface area (Å²) in [4.78, 5) is 13.3. The highest BCUT2D eigenvalue weighted by Crippen LogP contribution is 2.32. The van der Waals surface area contributed by atoms with Gasteiger partial charge in [-0.05, 0) is 24.9 Å². The summed E-state index contributed by atoms with van der Waals surface area (Å²) in [6.45, 7) is -3.03. The van der Waals surface area contributed by atoms with Gasteiger partial charge in [-0.15, -0.1) is 0 Å². The average Bonchev–Trinajstić information content (AvgIpc) is 3.18. The molecule has 0 amide bonds. The van der Waals surface area contributed by atoms with Crippen molar-refractivity contribution in [3.63, 3.8) is 0 Å². The van der Waals surface area contributed by atoms with Gasteiger partial charge < -0.3 is 14.3 Å². The Morgan fingerprint density at radius 1 is 1.23 bits per heavy atom. The topological polar surface area (TPSA) is 46.5 Å². The van der Waals surface area contributed by atoms with Crippen LogP contribution in [0.25, 0.3) is 0 Å². The van der Waals surface area contributed by atoms with Crippen LogP contribution in [0.2, 0.25) is 0 Å². The number of hydrogen-bond donors (Lipinski definition) is 1. The molecule has 1 aliphatic heterocycles. The lowest BCUT2D eigenvalue weighted by molar-refractivity contribution is -0.914. The zero-order valence-electron chi connectivity index (χ0n) is 19.9. The first-order chi connectivity index (χ1) is 14.5. The lowest BCUT2D eigenvalue weighted by Gasteiger charge is -2.32. The van der Waals surface area contributed by atoms with Gasteiger partial charge in [0.1, 0.15) is 6.54 Å². The van der Waals surface area contributed by atoms with Crippen molar-refractivity contribution in [3.05, 3.63) is 71.8 Å². The van der Waals surface area contributed by atoms with Crippen LogP contribution in [0.1, 0.15) is 38.2 Å². The summed E-state index contributed by atoms with van der Waals surface area (Å²) in [6, 6.07) is 17.0. The standard InChI is InChI=1S/C22H28NO3/c1-3-23(4-2)16-15-20(17-23)26-21(24)22(25,18-11-7-5-8-12-18)19-13-9-6-10-14-19/h5-14,20,25H,3-4,15-17H2,1-2H3/q+1/i1D3,3D2. The van der Waals surface area contributed by atoms with E-state index in [1.54, 1.807) is 67.6 Å². The van der Waals surface area contributed by atoms with Crippen LogP contribution in [0.3, 0.4) is 0 Å². The molecule has 0 saturated carbocycles. The van der Waals surface area contributed by atoms with Crippen molar-refractivity contribution < 1.29 is 26.0 Å². The van der Waals surface area contributed by atoms with E-state index in [0.29, 0.717) is 17.5 Å². The molecule has 1 heterocycles. The van der Waals surface area contributed by atoms with Gasteiger partial charge >= 0.3 is 5.97 Å². The van der Waals surface area contributed by atoms with Crippen molar-refractivity contribution in [1.29, 1.82) is 0 Å². The highest BCUT2D eigenvalue weighted by molar-refractivity contribution is 5.85. The van der Waals surface area contributed by atoms with Gasteiger partial charge in [0, 0.05) is 10.5 Å². The normalized spacial score (nSPS) is 26.8. The fourth-order valence-electron chi connectivity index (χ4n) is 3.53. The monoisotopic (exact) mass is 359 g/mol. The fraction of sp³-hybridized carbons (Fsp3) is 0.409. The second kappa shape index (κ2) is 7.60. The number of ether oxygens (including phenoxy) is 1. The number of aliphatic hydroxyl groups is 1. The molecule has 0 aliphatic carbocycles. The molecule has 1 saturated heterocycles. The number of nitrogens with zero attached hydrogens (tertiary/aromatic N) is 1. The Kier molecular flexibility index (Phi) is 3.82. The van der Waals surface area contributed by atoms with Gasteiger partial charge in [-0.1, -0.05) is 60.7 Å². The molecule has 0 spiro atoms. The van der Waals surface area contributed by atoms with Crippen LogP contribution in [0.4, 0.5) is 0 Å². The van der Waals surface area contributed by atoms with Gasteiger partial charge in [0.2, 0.25) is 5.60 Å². The smallest absolute Gasteiger partial charge is 0.348 e. The van der Waals surface area contributed by atoms with E-state index in [0.717, 1.165) is 0 Å². The average molecular weight is 360 g/mol. The van der Waals surface area contributed by atoms with Gasteiger partial charge in [0.15, 0.2) is 6.10 Å². The Bertz CT molecular complexity index is 865. The van der Waals surface area contributed by atoms with Crippen molar-refractivity contribution in [1.82, 2.24) is 0 Å². The number of carbonyl (C=O) groups excluding carboxylic acids is 1. The number of likely N-dealkylation sites (N-methyl/N-ethyl adjacent to an activating group) is 1. The van der Waals surface area contributed by atoms with E-state index in [1.165, 1.54) is 0 Å². The minimum atomic E-state index is -2.81. The van der Waals surface area contributed by atoms with Crippen LogP contribution in [0, 0.1) is 0 Å².